The number of rotatable bonds is 9. The maximum absolute atomic E-state index is 12.4. The summed E-state index contributed by atoms with van der Waals surface area (Å²) >= 11 is 0. The van der Waals surface area contributed by atoms with Crippen LogP contribution in [0.1, 0.15) is 44.8 Å². The molecule has 0 unspecified atom stereocenters. The Morgan fingerprint density at radius 1 is 0.944 bits per heavy atom. The molecule has 0 spiro atoms. The van der Waals surface area contributed by atoms with Gasteiger partial charge in [0.15, 0.2) is 0 Å². The van der Waals surface area contributed by atoms with Crippen LogP contribution in [0.4, 0.5) is 0 Å². The number of carboxylic acid groups (broad SMARTS) is 1. The number of aromatic carboxylic acids is 1. The maximum Gasteiger partial charge on any atom is 0.335 e. The SMILES string of the molecule is CNC(=O)c1cc(OCCN[C@H](C)c2cccc3ccccc23)cc(-c2ccc(C)c(C(=O)O)c2)c1. The summed E-state index contributed by atoms with van der Waals surface area (Å²) < 4.78 is 6.02. The van der Waals surface area contributed by atoms with Crippen molar-refractivity contribution in [3.63, 3.8) is 0 Å². The minimum absolute atomic E-state index is 0.134. The fourth-order valence-electron chi connectivity index (χ4n) is 4.34. The van der Waals surface area contributed by atoms with Crippen molar-refractivity contribution in [2.24, 2.45) is 0 Å². The van der Waals surface area contributed by atoms with Crippen molar-refractivity contribution in [3.8, 4) is 16.9 Å². The molecule has 6 nitrogen and oxygen atoms in total. The number of carbonyl (C=O) groups excluding carboxylic acids is 1. The highest BCUT2D eigenvalue weighted by Crippen LogP contribution is 2.28. The van der Waals surface area contributed by atoms with E-state index in [-0.39, 0.29) is 17.5 Å². The van der Waals surface area contributed by atoms with Crippen LogP contribution in [-0.4, -0.2) is 37.2 Å². The summed E-state index contributed by atoms with van der Waals surface area (Å²) in [6, 6.07) is 25.3. The average molecular weight is 483 g/mol. The van der Waals surface area contributed by atoms with E-state index in [1.165, 1.54) is 16.3 Å². The maximum atomic E-state index is 12.4. The first kappa shape index (κ1) is 24.9. The van der Waals surface area contributed by atoms with Crippen LogP contribution in [0.25, 0.3) is 21.9 Å². The Balaban J connectivity index is 1.49. The van der Waals surface area contributed by atoms with Crippen LogP contribution in [0, 0.1) is 6.92 Å². The standard InChI is InChI=1S/C30H30N2O4/c1-19-11-12-22(18-28(19)30(34)35)23-15-24(29(33)31-3)17-25(16-23)36-14-13-32-20(2)26-10-6-8-21-7-4-5-9-27(21)26/h4-12,15-18,20,32H,13-14H2,1-3H3,(H,31,33)(H,34,35)/t20-/m1/s1. The highest BCUT2D eigenvalue weighted by molar-refractivity contribution is 5.96. The molecule has 0 aliphatic rings. The molecule has 0 aliphatic heterocycles. The summed E-state index contributed by atoms with van der Waals surface area (Å²) in [5.41, 5.74) is 4.00. The summed E-state index contributed by atoms with van der Waals surface area (Å²) in [5, 5.41) is 18.1. The Morgan fingerprint density at radius 3 is 2.50 bits per heavy atom. The highest BCUT2D eigenvalue weighted by atomic mass is 16.5. The highest BCUT2D eigenvalue weighted by Gasteiger charge is 2.13. The monoisotopic (exact) mass is 482 g/mol. The summed E-state index contributed by atoms with van der Waals surface area (Å²) in [7, 11) is 1.57. The van der Waals surface area contributed by atoms with Gasteiger partial charge in [0.1, 0.15) is 12.4 Å². The Kier molecular flexibility index (Phi) is 7.66. The van der Waals surface area contributed by atoms with Gasteiger partial charge in [-0.25, -0.2) is 4.79 Å². The molecule has 4 aromatic carbocycles. The van der Waals surface area contributed by atoms with Gasteiger partial charge in [0.2, 0.25) is 0 Å². The zero-order chi connectivity index (χ0) is 25.7. The molecule has 1 atom stereocenters. The smallest absolute Gasteiger partial charge is 0.335 e. The lowest BCUT2D eigenvalue weighted by atomic mass is 9.98. The van der Waals surface area contributed by atoms with Gasteiger partial charge in [-0.05, 0) is 71.1 Å². The summed E-state index contributed by atoms with van der Waals surface area (Å²) in [4.78, 5) is 24.0. The molecule has 0 aliphatic carbocycles. The summed E-state index contributed by atoms with van der Waals surface area (Å²) in [5.74, 6) is -0.683. The van der Waals surface area contributed by atoms with Gasteiger partial charge in [0.25, 0.3) is 5.91 Å². The normalized spacial score (nSPS) is 11.8. The number of benzene rings is 4. The molecule has 3 N–H and O–H groups in total. The third-order valence-corrected chi connectivity index (χ3v) is 6.31. The van der Waals surface area contributed by atoms with E-state index in [0.29, 0.717) is 41.2 Å². The van der Waals surface area contributed by atoms with E-state index in [4.69, 9.17) is 4.74 Å². The molecule has 0 heterocycles. The second-order valence-electron chi connectivity index (χ2n) is 8.75. The van der Waals surface area contributed by atoms with Gasteiger partial charge < -0.3 is 20.5 Å². The van der Waals surface area contributed by atoms with Gasteiger partial charge in [-0.2, -0.15) is 0 Å². The van der Waals surface area contributed by atoms with Crippen molar-refractivity contribution in [1.29, 1.82) is 0 Å². The van der Waals surface area contributed by atoms with Crippen molar-refractivity contribution >= 4 is 22.6 Å². The molecule has 0 radical (unpaired) electrons. The Morgan fingerprint density at radius 2 is 1.72 bits per heavy atom. The van der Waals surface area contributed by atoms with Crippen LogP contribution in [0.2, 0.25) is 0 Å². The number of hydrogen-bond donors (Lipinski definition) is 3. The Hall–Kier alpha value is -4.16. The molecule has 184 valence electrons. The van der Waals surface area contributed by atoms with Crippen LogP contribution in [-0.2, 0) is 0 Å². The molecule has 0 aromatic heterocycles. The summed E-state index contributed by atoms with van der Waals surface area (Å²) in [6.07, 6.45) is 0. The van der Waals surface area contributed by atoms with Gasteiger partial charge in [0, 0.05) is 25.2 Å². The number of carboxylic acids is 1. The molecule has 1 amide bonds. The van der Waals surface area contributed by atoms with Gasteiger partial charge in [-0.1, -0.05) is 54.6 Å². The molecule has 36 heavy (non-hydrogen) atoms. The van der Waals surface area contributed by atoms with E-state index in [1.807, 2.05) is 24.3 Å². The molecule has 4 aromatic rings. The zero-order valence-electron chi connectivity index (χ0n) is 20.7. The van der Waals surface area contributed by atoms with Gasteiger partial charge in [0.05, 0.1) is 5.56 Å². The second-order valence-corrected chi connectivity index (χ2v) is 8.75. The van der Waals surface area contributed by atoms with Crippen molar-refractivity contribution in [2.45, 2.75) is 19.9 Å². The first-order chi connectivity index (χ1) is 17.4. The first-order valence-corrected chi connectivity index (χ1v) is 11.9. The van der Waals surface area contributed by atoms with E-state index < -0.39 is 5.97 Å². The molecule has 0 fully saturated rings. The number of amides is 1. The predicted octanol–water partition coefficient (Wildman–Crippen LogP) is 5.60. The molecule has 4 rings (SSSR count). The van der Waals surface area contributed by atoms with Crippen molar-refractivity contribution < 1.29 is 19.4 Å². The number of hydrogen-bond acceptors (Lipinski definition) is 4. The van der Waals surface area contributed by atoms with Crippen molar-refractivity contribution in [3.05, 3.63) is 101 Å². The Bertz CT molecular complexity index is 1410. The lowest BCUT2D eigenvalue weighted by molar-refractivity contribution is 0.0696. The number of carbonyl (C=O) groups is 2. The minimum atomic E-state index is -0.986. The van der Waals surface area contributed by atoms with Crippen LogP contribution >= 0.6 is 0 Å². The van der Waals surface area contributed by atoms with Crippen molar-refractivity contribution in [2.75, 3.05) is 20.2 Å². The number of nitrogens with one attached hydrogen (secondary N) is 2. The fraction of sp³-hybridized carbons (Fsp3) is 0.200. The summed E-state index contributed by atoms with van der Waals surface area (Å²) in [6.45, 7) is 4.90. The lowest BCUT2D eigenvalue weighted by Crippen LogP contribution is -2.24. The third-order valence-electron chi connectivity index (χ3n) is 6.31. The van der Waals surface area contributed by atoms with Gasteiger partial charge >= 0.3 is 5.97 Å². The van der Waals surface area contributed by atoms with E-state index in [1.54, 1.807) is 38.2 Å². The zero-order valence-corrected chi connectivity index (χ0v) is 20.7. The van der Waals surface area contributed by atoms with Crippen LogP contribution in [0.5, 0.6) is 5.75 Å². The van der Waals surface area contributed by atoms with Crippen LogP contribution < -0.4 is 15.4 Å². The van der Waals surface area contributed by atoms with E-state index in [2.05, 4.69) is 47.9 Å². The topological polar surface area (TPSA) is 87.7 Å². The van der Waals surface area contributed by atoms with Crippen LogP contribution in [0.3, 0.4) is 0 Å². The van der Waals surface area contributed by atoms with Gasteiger partial charge in [-0.3, -0.25) is 4.79 Å². The van der Waals surface area contributed by atoms with E-state index in [9.17, 15) is 14.7 Å². The Labute approximate surface area is 210 Å². The molecule has 0 bridgehead atoms. The fourth-order valence-corrected chi connectivity index (χ4v) is 4.34. The number of aryl methyl sites for hydroxylation is 1. The average Bonchev–Trinajstić information content (AvgIpc) is 2.90. The number of ether oxygens (including phenoxy) is 1. The molecule has 0 saturated heterocycles. The van der Waals surface area contributed by atoms with E-state index in [0.717, 1.165) is 0 Å². The molecule has 0 saturated carbocycles. The number of fused-ring (bicyclic) bond motifs is 1. The second kappa shape index (κ2) is 11.1. The first-order valence-electron chi connectivity index (χ1n) is 11.9. The lowest BCUT2D eigenvalue weighted by Gasteiger charge is -2.17. The quantitative estimate of drug-likeness (QED) is 0.270. The van der Waals surface area contributed by atoms with E-state index >= 15 is 0 Å². The predicted molar refractivity (Wildman–Crippen MR) is 143 cm³/mol. The largest absolute Gasteiger partial charge is 0.492 e. The van der Waals surface area contributed by atoms with Crippen LogP contribution in [0.15, 0.2) is 78.9 Å². The van der Waals surface area contributed by atoms with Crippen molar-refractivity contribution in [1.82, 2.24) is 10.6 Å². The minimum Gasteiger partial charge on any atom is -0.492 e. The third kappa shape index (κ3) is 5.56. The van der Waals surface area contributed by atoms with Gasteiger partial charge in [-0.15, -0.1) is 0 Å². The molecular weight excluding hydrogens is 452 g/mol. The molecule has 6 heteroatoms. The molecular formula is C30H30N2O4.